The summed E-state index contributed by atoms with van der Waals surface area (Å²) >= 11 is 0. The second kappa shape index (κ2) is 12.6. The van der Waals surface area contributed by atoms with Crippen molar-refractivity contribution in [3.8, 4) is 55.6 Å². The standard InChI is InChI=1S/C57H36/c1-2-15-39-33-42(32-29-36(39)13-1)56-48-20-5-7-22-50(48)57(51-23-8-6-21-49(51)56)52-28-11-18-38-17-10-27-47(55(38)52)45-25-12-26-46-53-34-40(30-31-41(53)35-54(45)46)44-24-9-16-37-14-3-4-19-43(37)44/h1-34H,35H2/i1D,2D,13D,15D,29D,32D,33D. The smallest absolute Gasteiger partial charge is 0.0616 e. The van der Waals surface area contributed by atoms with Crippen molar-refractivity contribution in [2.75, 3.05) is 0 Å². The van der Waals surface area contributed by atoms with E-state index in [0.29, 0.717) is 5.56 Å². The van der Waals surface area contributed by atoms with E-state index in [2.05, 4.69) is 127 Å². The van der Waals surface area contributed by atoms with Crippen LogP contribution in [0.2, 0.25) is 0 Å². The summed E-state index contributed by atoms with van der Waals surface area (Å²) < 4.78 is 62.3. The van der Waals surface area contributed by atoms with Gasteiger partial charge in [-0.25, -0.2) is 0 Å². The van der Waals surface area contributed by atoms with Gasteiger partial charge in [0.2, 0.25) is 0 Å². The molecule has 0 bridgehead atoms. The van der Waals surface area contributed by atoms with Gasteiger partial charge in [-0.15, -0.1) is 0 Å². The minimum atomic E-state index is -0.483. The lowest BCUT2D eigenvalue weighted by atomic mass is 9.82. The molecule has 0 nitrogen and oxygen atoms in total. The highest BCUT2D eigenvalue weighted by Crippen LogP contribution is 2.49. The predicted octanol–water partition coefficient (Wildman–Crippen LogP) is 15.7. The Kier molecular flexibility index (Phi) is 5.70. The van der Waals surface area contributed by atoms with Crippen molar-refractivity contribution in [2.45, 2.75) is 6.42 Å². The van der Waals surface area contributed by atoms with Crippen LogP contribution in [0.15, 0.2) is 206 Å². The van der Waals surface area contributed by atoms with Gasteiger partial charge in [0.15, 0.2) is 0 Å². The Morgan fingerprint density at radius 1 is 0.351 bits per heavy atom. The topological polar surface area (TPSA) is 0 Å². The fraction of sp³-hybridized carbons (Fsp3) is 0.0175. The van der Waals surface area contributed by atoms with Crippen molar-refractivity contribution in [3.05, 3.63) is 217 Å². The summed E-state index contributed by atoms with van der Waals surface area (Å²) in [6.45, 7) is 0. The van der Waals surface area contributed by atoms with Crippen molar-refractivity contribution in [1.82, 2.24) is 0 Å². The summed E-state index contributed by atoms with van der Waals surface area (Å²) in [5.74, 6) is 0. The Hall–Kier alpha value is -7.28. The quantitative estimate of drug-likeness (QED) is 0.158. The first-order valence-electron chi connectivity index (χ1n) is 22.9. The van der Waals surface area contributed by atoms with Crippen LogP contribution in [0.3, 0.4) is 0 Å². The molecule has 0 saturated heterocycles. The highest BCUT2D eigenvalue weighted by molar-refractivity contribution is 6.25. The molecule has 0 amide bonds. The summed E-state index contributed by atoms with van der Waals surface area (Å²) in [5, 5.41) is 7.89. The summed E-state index contributed by atoms with van der Waals surface area (Å²) in [6, 6.07) is 55.2. The van der Waals surface area contributed by atoms with E-state index in [0.717, 1.165) is 55.4 Å². The van der Waals surface area contributed by atoms with Crippen molar-refractivity contribution >= 4 is 53.9 Å². The van der Waals surface area contributed by atoms with Gasteiger partial charge in [0, 0.05) is 0 Å². The minimum absolute atomic E-state index is 0.0553. The summed E-state index contributed by atoms with van der Waals surface area (Å²) in [5.41, 5.74) is 12.7. The van der Waals surface area contributed by atoms with Crippen LogP contribution >= 0.6 is 0 Å². The van der Waals surface area contributed by atoms with Crippen LogP contribution in [0.25, 0.3) is 109 Å². The molecule has 0 saturated carbocycles. The van der Waals surface area contributed by atoms with Crippen molar-refractivity contribution in [2.24, 2.45) is 0 Å². The molecule has 0 radical (unpaired) electrons. The third-order valence-corrected chi connectivity index (χ3v) is 11.9. The molecule has 0 heterocycles. The first-order chi connectivity index (χ1) is 31.2. The van der Waals surface area contributed by atoms with E-state index in [1.54, 1.807) is 0 Å². The zero-order valence-electron chi connectivity index (χ0n) is 37.8. The van der Waals surface area contributed by atoms with Gasteiger partial charge in [0.05, 0.1) is 9.60 Å². The van der Waals surface area contributed by atoms with Crippen LogP contribution in [-0.2, 0) is 6.42 Å². The third-order valence-electron chi connectivity index (χ3n) is 11.9. The van der Waals surface area contributed by atoms with Gasteiger partial charge in [0.1, 0.15) is 0 Å². The SMILES string of the molecule is [2H]c1c([2H])c([2H])c2c([2H])c(-c3c4ccccc4c(-c4cccc5cccc(-c6cccc7c6Cc6ccc(-c8cccc9ccccc89)cc6-7)c45)c4ccccc34)c([2H])c([2H])c2c1[2H]. The molecule has 0 N–H and O–H groups in total. The second-order valence-electron chi connectivity index (χ2n) is 15.0. The molecule has 0 unspecified atom stereocenters. The van der Waals surface area contributed by atoms with Crippen LogP contribution in [0.4, 0.5) is 0 Å². The van der Waals surface area contributed by atoms with E-state index in [-0.39, 0.29) is 40.5 Å². The number of hydrogen-bond acceptors (Lipinski definition) is 0. The average molecular weight is 728 g/mol. The Bertz CT molecular complexity index is 3780. The van der Waals surface area contributed by atoms with Crippen LogP contribution in [-0.4, -0.2) is 0 Å². The molecule has 0 fully saturated rings. The van der Waals surface area contributed by atoms with Crippen LogP contribution < -0.4 is 0 Å². The van der Waals surface area contributed by atoms with Gasteiger partial charge in [-0.2, -0.15) is 0 Å². The Morgan fingerprint density at radius 3 is 1.67 bits per heavy atom. The molecule has 0 heteroatoms. The number of fused-ring (bicyclic) bond motifs is 8. The molecule has 0 aromatic heterocycles. The molecular formula is C57H36. The number of hydrogen-bond donors (Lipinski definition) is 0. The van der Waals surface area contributed by atoms with E-state index in [1.165, 1.54) is 49.7 Å². The number of rotatable bonds is 4. The van der Waals surface area contributed by atoms with Gasteiger partial charge < -0.3 is 0 Å². The largest absolute Gasteiger partial charge is 0.0636 e. The average Bonchev–Trinajstić information content (AvgIpc) is 3.71. The fourth-order valence-corrected chi connectivity index (χ4v) is 9.47. The Labute approximate surface area is 341 Å². The van der Waals surface area contributed by atoms with Crippen LogP contribution in [0, 0.1) is 0 Å². The summed E-state index contributed by atoms with van der Waals surface area (Å²) in [4.78, 5) is 0. The highest BCUT2D eigenvalue weighted by atomic mass is 14.3. The van der Waals surface area contributed by atoms with Gasteiger partial charge in [-0.1, -0.05) is 194 Å². The zero-order valence-corrected chi connectivity index (χ0v) is 30.8. The van der Waals surface area contributed by atoms with Gasteiger partial charge in [0.25, 0.3) is 0 Å². The molecule has 0 atom stereocenters. The lowest BCUT2D eigenvalue weighted by Crippen LogP contribution is -1.94. The van der Waals surface area contributed by atoms with Gasteiger partial charge in [-0.05, 0) is 139 Å². The van der Waals surface area contributed by atoms with Crippen LogP contribution in [0.5, 0.6) is 0 Å². The summed E-state index contributed by atoms with van der Waals surface area (Å²) in [6.07, 6.45) is 0.816. The van der Waals surface area contributed by atoms with E-state index in [4.69, 9.17) is 6.85 Å². The molecule has 11 aromatic carbocycles. The molecule has 1 aliphatic rings. The second-order valence-corrected chi connectivity index (χ2v) is 15.0. The highest BCUT2D eigenvalue weighted by Gasteiger charge is 2.25. The Balaban J connectivity index is 1.10. The maximum atomic E-state index is 9.56. The van der Waals surface area contributed by atoms with Crippen molar-refractivity contribution in [1.29, 1.82) is 0 Å². The molecule has 0 spiro atoms. The molecule has 1 aliphatic carbocycles. The molecular weight excluding hydrogens is 685 g/mol. The lowest BCUT2D eigenvalue weighted by Gasteiger charge is -2.20. The zero-order chi connectivity index (χ0) is 43.5. The monoisotopic (exact) mass is 727 g/mol. The predicted molar refractivity (Wildman–Crippen MR) is 244 cm³/mol. The first kappa shape index (κ1) is 25.7. The van der Waals surface area contributed by atoms with Gasteiger partial charge >= 0.3 is 0 Å². The molecule has 264 valence electrons. The first-order valence-corrected chi connectivity index (χ1v) is 19.4. The van der Waals surface area contributed by atoms with Crippen molar-refractivity contribution < 1.29 is 9.60 Å². The van der Waals surface area contributed by atoms with E-state index < -0.39 is 18.1 Å². The molecule has 11 aromatic rings. The van der Waals surface area contributed by atoms with E-state index in [9.17, 15) is 2.74 Å². The fourth-order valence-electron chi connectivity index (χ4n) is 9.47. The minimum Gasteiger partial charge on any atom is -0.0616 e. The van der Waals surface area contributed by atoms with Crippen LogP contribution in [0.1, 0.15) is 20.7 Å². The van der Waals surface area contributed by atoms with Gasteiger partial charge in [-0.3, -0.25) is 0 Å². The normalized spacial score (nSPS) is 13.9. The maximum absolute atomic E-state index is 9.56. The summed E-state index contributed by atoms with van der Waals surface area (Å²) in [7, 11) is 0. The van der Waals surface area contributed by atoms with E-state index in [1.807, 2.05) is 36.4 Å². The number of benzene rings is 11. The molecule has 12 rings (SSSR count). The molecule has 57 heavy (non-hydrogen) atoms. The Morgan fingerprint density at radius 2 is 0.912 bits per heavy atom. The molecule has 0 aliphatic heterocycles. The third kappa shape index (κ3) is 4.94. The van der Waals surface area contributed by atoms with Crippen molar-refractivity contribution in [3.63, 3.8) is 0 Å². The maximum Gasteiger partial charge on any atom is 0.0636 e. The lowest BCUT2D eigenvalue weighted by molar-refractivity contribution is 1.27. The van der Waals surface area contributed by atoms with E-state index >= 15 is 0 Å².